The van der Waals surface area contributed by atoms with Gasteiger partial charge in [0.25, 0.3) is 0 Å². The molecule has 0 aliphatic rings. The Morgan fingerprint density at radius 1 is 1.42 bits per heavy atom. The Balaban J connectivity index is 2.80. The summed E-state index contributed by atoms with van der Waals surface area (Å²) >= 11 is 0. The second-order valence-electron chi connectivity index (χ2n) is 3.72. The molecule has 0 fully saturated rings. The van der Waals surface area contributed by atoms with E-state index >= 15 is 0 Å². The molecule has 19 heavy (non-hydrogen) atoms. The first-order valence-corrected chi connectivity index (χ1v) is 7.03. The van der Waals surface area contributed by atoms with E-state index in [4.69, 9.17) is 10.5 Å². The third kappa shape index (κ3) is 4.11. The van der Waals surface area contributed by atoms with Gasteiger partial charge >= 0.3 is 0 Å². The number of amides is 1. The van der Waals surface area contributed by atoms with Gasteiger partial charge in [0, 0.05) is 26.1 Å². The standard InChI is InChI=1S/C11H17N3O4S/c1-13-11(15)5-6-14-19(16,17)10-4-3-8(18-2)7-9(10)12/h3-4,7,14H,5-6,12H2,1-2H3,(H,13,15). The molecular weight excluding hydrogens is 270 g/mol. The van der Waals surface area contributed by atoms with Crippen molar-refractivity contribution in [1.29, 1.82) is 0 Å². The topological polar surface area (TPSA) is 111 Å². The van der Waals surface area contributed by atoms with E-state index in [0.29, 0.717) is 5.75 Å². The Kier molecular flexibility index (Phi) is 5.13. The first-order valence-electron chi connectivity index (χ1n) is 5.54. The van der Waals surface area contributed by atoms with E-state index in [9.17, 15) is 13.2 Å². The Labute approximate surface area is 112 Å². The summed E-state index contributed by atoms with van der Waals surface area (Å²) < 4.78 is 31.2. The fraction of sp³-hybridized carbons (Fsp3) is 0.364. The molecule has 0 aliphatic heterocycles. The van der Waals surface area contributed by atoms with Crippen molar-refractivity contribution in [2.75, 3.05) is 26.4 Å². The van der Waals surface area contributed by atoms with Gasteiger partial charge in [0.1, 0.15) is 10.6 Å². The fourth-order valence-corrected chi connectivity index (χ4v) is 2.54. The van der Waals surface area contributed by atoms with Gasteiger partial charge in [-0.25, -0.2) is 13.1 Å². The van der Waals surface area contributed by atoms with Crippen LogP contribution in [-0.4, -0.2) is 35.0 Å². The highest BCUT2D eigenvalue weighted by Crippen LogP contribution is 2.23. The lowest BCUT2D eigenvalue weighted by Gasteiger charge is -2.10. The monoisotopic (exact) mass is 287 g/mol. The molecule has 1 rings (SSSR count). The van der Waals surface area contributed by atoms with Gasteiger partial charge in [-0.2, -0.15) is 0 Å². The van der Waals surface area contributed by atoms with E-state index in [0.717, 1.165) is 0 Å². The van der Waals surface area contributed by atoms with Crippen molar-refractivity contribution >= 4 is 21.6 Å². The average Bonchev–Trinajstić information content (AvgIpc) is 2.37. The molecule has 0 radical (unpaired) electrons. The summed E-state index contributed by atoms with van der Waals surface area (Å²) in [6, 6.07) is 4.29. The summed E-state index contributed by atoms with van der Waals surface area (Å²) in [5.74, 6) is 0.229. The minimum Gasteiger partial charge on any atom is -0.497 e. The van der Waals surface area contributed by atoms with Gasteiger partial charge in [0.2, 0.25) is 15.9 Å². The van der Waals surface area contributed by atoms with Crippen LogP contribution in [0.15, 0.2) is 23.1 Å². The number of carbonyl (C=O) groups excluding carboxylic acids is 1. The number of methoxy groups -OCH3 is 1. The van der Waals surface area contributed by atoms with Gasteiger partial charge < -0.3 is 15.8 Å². The third-order valence-electron chi connectivity index (χ3n) is 2.43. The second-order valence-corrected chi connectivity index (χ2v) is 5.46. The van der Waals surface area contributed by atoms with E-state index in [1.807, 2.05) is 0 Å². The summed E-state index contributed by atoms with van der Waals surface area (Å²) in [5, 5.41) is 2.40. The van der Waals surface area contributed by atoms with E-state index < -0.39 is 10.0 Å². The van der Waals surface area contributed by atoms with E-state index in [2.05, 4.69) is 10.0 Å². The van der Waals surface area contributed by atoms with Crippen LogP contribution in [-0.2, 0) is 14.8 Å². The Bertz CT molecular complexity index is 557. The molecule has 0 unspecified atom stereocenters. The van der Waals surface area contributed by atoms with Crippen molar-refractivity contribution < 1.29 is 17.9 Å². The largest absolute Gasteiger partial charge is 0.497 e. The number of nitrogens with two attached hydrogens (primary N) is 1. The summed E-state index contributed by atoms with van der Waals surface area (Å²) in [5.41, 5.74) is 5.75. The molecule has 0 aromatic heterocycles. The van der Waals surface area contributed by atoms with Gasteiger partial charge in [-0.05, 0) is 12.1 Å². The Morgan fingerprint density at radius 2 is 2.11 bits per heavy atom. The van der Waals surface area contributed by atoms with Gasteiger partial charge in [0.05, 0.1) is 12.8 Å². The predicted octanol–water partition coefficient (Wildman–Crippen LogP) is -0.308. The van der Waals surface area contributed by atoms with Gasteiger partial charge in [0.15, 0.2) is 0 Å². The van der Waals surface area contributed by atoms with E-state index in [-0.39, 0.29) is 29.5 Å². The minimum absolute atomic E-state index is 0.00742. The molecule has 1 aromatic carbocycles. The number of hydrogen-bond donors (Lipinski definition) is 3. The van der Waals surface area contributed by atoms with Crippen LogP contribution in [0.2, 0.25) is 0 Å². The highest BCUT2D eigenvalue weighted by molar-refractivity contribution is 7.89. The Morgan fingerprint density at radius 3 is 2.63 bits per heavy atom. The van der Waals surface area contributed by atoms with Crippen LogP contribution < -0.4 is 20.5 Å². The van der Waals surface area contributed by atoms with Crippen LogP contribution in [0.5, 0.6) is 5.75 Å². The fourth-order valence-electron chi connectivity index (χ4n) is 1.40. The number of anilines is 1. The SMILES string of the molecule is CNC(=O)CCNS(=O)(=O)c1ccc(OC)cc1N. The summed E-state index contributed by atoms with van der Waals surface area (Å²) in [4.78, 5) is 11.0. The minimum atomic E-state index is -3.73. The van der Waals surface area contributed by atoms with Crippen molar-refractivity contribution in [3.05, 3.63) is 18.2 Å². The van der Waals surface area contributed by atoms with Gasteiger partial charge in [-0.1, -0.05) is 0 Å². The highest BCUT2D eigenvalue weighted by atomic mass is 32.2. The van der Waals surface area contributed by atoms with E-state index in [1.54, 1.807) is 0 Å². The van der Waals surface area contributed by atoms with E-state index in [1.165, 1.54) is 32.4 Å². The van der Waals surface area contributed by atoms with Crippen LogP contribution in [0.4, 0.5) is 5.69 Å². The van der Waals surface area contributed by atoms with Crippen molar-refractivity contribution in [3.63, 3.8) is 0 Å². The zero-order chi connectivity index (χ0) is 14.5. The molecule has 0 spiro atoms. The molecule has 0 saturated heterocycles. The lowest BCUT2D eigenvalue weighted by molar-refractivity contribution is -0.120. The van der Waals surface area contributed by atoms with Crippen LogP contribution >= 0.6 is 0 Å². The smallest absolute Gasteiger partial charge is 0.242 e. The number of nitrogens with one attached hydrogen (secondary N) is 2. The molecule has 4 N–H and O–H groups in total. The molecule has 106 valence electrons. The number of ether oxygens (including phenoxy) is 1. The summed E-state index contributed by atoms with van der Waals surface area (Å²) in [6.07, 6.45) is 0.0613. The lowest BCUT2D eigenvalue weighted by atomic mass is 10.3. The van der Waals surface area contributed by atoms with Crippen LogP contribution in [0.1, 0.15) is 6.42 Å². The normalized spacial score (nSPS) is 11.1. The molecular formula is C11H17N3O4S. The molecule has 0 heterocycles. The van der Waals surface area contributed by atoms with Crippen LogP contribution in [0.3, 0.4) is 0 Å². The molecule has 1 amide bonds. The molecule has 1 aromatic rings. The summed E-state index contributed by atoms with van der Waals surface area (Å²) in [7, 11) is -0.783. The maximum atomic E-state index is 12.0. The number of carbonyl (C=O) groups is 1. The zero-order valence-corrected chi connectivity index (χ0v) is 11.6. The molecule has 7 nitrogen and oxygen atoms in total. The lowest BCUT2D eigenvalue weighted by Crippen LogP contribution is -2.29. The molecule has 8 heteroatoms. The molecule has 0 aliphatic carbocycles. The quantitative estimate of drug-likeness (QED) is 0.622. The predicted molar refractivity (Wildman–Crippen MR) is 71.3 cm³/mol. The highest BCUT2D eigenvalue weighted by Gasteiger charge is 2.17. The molecule has 0 bridgehead atoms. The maximum absolute atomic E-state index is 12.0. The maximum Gasteiger partial charge on any atom is 0.242 e. The number of benzene rings is 1. The first kappa shape index (κ1) is 15.3. The zero-order valence-electron chi connectivity index (χ0n) is 10.8. The Hall–Kier alpha value is -1.80. The van der Waals surface area contributed by atoms with Crippen molar-refractivity contribution in [2.24, 2.45) is 0 Å². The van der Waals surface area contributed by atoms with Crippen LogP contribution in [0.25, 0.3) is 0 Å². The number of hydrogen-bond acceptors (Lipinski definition) is 5. The number of rotatable bonds is 6. The number of sulfonamides is 1. The van der Waals surface area contributed by atoms with Gasteiger partial charge in [-0.3, -0.25) is 4.79 Å². The van der Waals surface area contributed by atoms with Gasteiger partial charge in [-0.15, -0.1) is 0 Å². The molecule has 0 atom stereocenters. The third-order valence-corrected chi connectivity index (χ3v) is 3.96. The number of nitrogen functional groups attached to an aromatic ring is 1. The summed E-state index contributed by atoms with van der Waals surface area (Å²) in [6.45, 7) is 0.00742. The van der Waals surface area contributed by atoms with Crippen molar-refractivity contribution in [3.8, 4) is 5.75 Å². The van der Waals surface area contributed by atoms with Crippen molar-refractivity contribution in [2.45, 2.75) is 11.3 Å². The van der Waals surface area contributed by atoms with Crippen LogP contribution in [0, 0.1) is 0 Å². The molecule has 0 saturated carbocycles. The first-order chi connectivity index (χ1) is 8.90. The second kappa shape index (κ2) is 6.39. The van der Waals surface area contributed by atoms with Crippen molar-refractivity contribution in [1.82, 2.24) is 10.0 Å². The average molecular weight is 287 g/mol.